The fourth-order valence-electron chi connectivity index (χ4n) is 1.70. The van der Waals surface area contributed by atoms with Crippen molar-refractivity contribution in [1.29, 1.82) is 0 Å². The minimum absolute atomic E-state index is 0.230. The molecule has 0 bridgehead atoms. The Morgan fingerprint density at radius 2 is 2.10 bits per heavy atom. The molecule has 3 rings (SSSR count). The summed E-state index contributed by atoms with van der Waals surface area (Å²) in [5.74, 6) is 2.01. The van der Waals surface area contributed by atoms with Gasteiger partial charge in [0.15, 0.2) is 6.61 Å². The molecule has 2 N–H and O–H groups in total. The van der Waals surface area contributed by atoms with E-state index in [0.29, 0.717) is 23.1 Å². The van der Waals surface area contributed by atoms with Crippen LogP contribution in [0.4, 0.5) is 5.82 Å². The first kappa shape index (κ1) is 12.2. The third kappa shape index (κ3) is 2.33. The lowest BCUT2D eigenvalue weighted by molar-refractivity contribution is 0.287. The first-order valence-electron chi connectivity index (χ1n) is 6.02. The zero-order valence-corrected chi connectivity index (χ0v) is 10.9. The second-order valence-electron chi connectivity index (χ2n) is 4.18. The van der Waals surface area contributed by atoms with Crippen molar-refractivity contribution in [2.75, 3.05) is 5.73 Å². The van der Waals surface area contributed by atoms with Gasteiger partial charge in [0.05, 0.1) is 6.20 Å². The van der Waals surface area contributed by atoms with Gasteiger partial charge in [-0.25, -0.2) is 0 Å². The molecule has 20 heavy (non-hydrogen) atoms. The smallest absolute Gasteiger partial charge is 0.263 e. The van der Waals surface area contributed by atoms with E-state index in [1.54, 1.807) is 17.9 Å². The van der Waals surface area contributed by atoms with Gasteiger partial charge in [-0.3, -0.25) is 4.68 Å². The van der Waals surface area contributed by atoms with Gasteiger partial charge in [0.1, 0.15) is 17.1 Å². The molecule has 0 saturated carbocycles. The lowest BCUT2D eigenvalue weighted by atomic mass is 10.3. The van der Waals surface area contributed by atoms with Gasteiger partial charge in [-0.2, -0.15) is 10.1 Å². The summed E-state index contributed by atoms with van der Waals surface area (Å²) in [6.07, 6.45) is 1.59. The summed E-state index contributed by atoms with van der Waals surface area (Å²) in [7, 11) is 1.74. The van der Waals surface area contributed by atoms with E-state index in [-0.39, 0.29) is 6.61 Å². The van der Waals surface area contributed by atoms with Crippen LogP contribution < -0.4 is 10.5 Å². The van der Waals surface area contributed by atoms with E-state index >= 15 is 0 Å². The van der Waals surface area contributed by atoms with Crippen LogP contribution in [0.1, 0.15) is 5.82 Å². The molecular weight excluding hydrogens is 258 g/mol. The van der Waals surface area contributed by atoms with Crippen molar-refractivity contribution in [3.8, 4) is 17.2 Å². The maximum absolute atomic E-state index is 5.85. The van der Waals surface area contributed by atoms with Crippen molar-refractivity contribution in [2.45, 2.75) is 6.61 Å². The number of hydrogen-bond donors (Lipinski definition) is 1. The third-order valence-electron chi connectivity index (χ3n) is 2.79. The molecule has 0 unspecified atom stereocenters. The molecule has 3 aromatic rings. The number of ether oxygens (including phenoxy) is 1. The molecule has 7 nitrogen and oxygen atoms in total. The molecule has 1 aromatic carbocycles. The summed E-state index contributed by atoms with van der Waals surface area (Å²) in [6.45, 7) is 0.230. The Kier molecular flexibility index (Phi) is 3.08. The number of anilines is 1. The second kappa shape index (κ2) is 5.04. The van der Waals surface area contributed by atoms with Crippen LogP contribution in [0.2, 0.25) is 0 Å². The number of aromatic nitrogens is 4. The van der Waals surface area contributed by atoms with E-state index in [1.807, 2.05) is 30.3 Å². The van der Waals surface area contributed by atoms with Crippen LogP contribution >= 0.6 is 0 Å². The van der Waals surface area contributed by atoms with Gasteiger partial charge in [0.2, 0.25) is 5.82 Å². The van der Waals surface area contributed by atoms with E-state index in [2.05, 4.69) is 15.2 Å². The summed E-state index contributed by atoms with van der Waals surface area (Å²) in [4.78, 5) is 4.23. The highest BCUT2D eigenvalue weighted by molar-refractivity contribution is 5.66. The van der Waals surface area contributed by atoms with Crippen molar-refractivity contribution in [1.82, 2.24) is 19.9 Å². The molecule has 0 aliphatic heterocycles. The molecule has 0 spiro atoms. The van der Waals surface area contributed by atoms with Crippen LogP contribution in [-0.2, 0) is 13.7 Å². The minimum atomic E-state index is 0.230. The molecule has 0 amide bonds. The van der Waals surface area contributed by atoms with Gasteiger partial charge in [0, 0.05) is 7.05 Å². The highest BCUT2D eigenvalue weighted by Gasteiger charge is 2.15. The Hall–Kier alpha value is -2.83. The first-order chi connectivity index (χ1) is 9.74. The van der Waals surface area contributed by atoms with Gasteiger partial charge in [-0.05, 0) is 12.1 Å². The van der Waals surface area contributed by atoms with Crippen molar-refractivity contribution in [2.24, 2.45) is 7.05 Å². The summed E-state index contributed by atoms with van der Waals surface area (Å²) in [6, 6.07) is 9.44. The minimum Gasteiger partial charge on any atom is -0.485 e. The van der Waals surface area contributed by atoms with Gasteiger partial charge in [0.25, 0.3) is 5.89 Å². The van der Waals surface area contributed by atoms with E-state index in [0.717, 1.165) is 5.75 Å². The Morgan fingerprint density at radius 1 is 1.30 bits per heavy atom. The second-order valence-corrected chi connectivity index (χ2v) is 4.18. The average Bonchev–Trinajstić information content (AvgIpc) is 3.06. The van der Waals surface area contributed by atoms with E-state index in [9.17, 15) is 0 Å². The number of aryl methyl sites for hydroxylation is 1. The molecule has 0 fully saturated rings. The Labute approximate surface area is 115 Å². The predicted molar refractivity (Wildman–Crippen MR) is 71.7 cm³/mol. The third-order valence-corrected chi connectivity index (χ3v) is 2.79. The van der Waals surface area contributed by atoms with E-state index in [1.165, 1.54) is 0 Å². The highest BCUT2D eigenvalue weighted by Crippen LogP contribution is 2.23. The molecule has 0 radical (unpaired) electrons. The number of nitrogens with two attached hydrogens (primary N) is 1. The maximum atomic E-state index is 5.85. The molecule has 7 heteroatoms. The average molecular weight is 271 g/mol. The molecule has 0 saturated heterocycles. The lowest BCUT2D eigenvalue weighted by Crippen LogP contribution is -1.98. The summed E-state index contributed by atoms with van der Waals surface area (Å²) in [5, 5.41) is 7.88. The number of nitrogen functional groups attached to an aromatic ring is 1. The molecule has 0 atom stereocenters. The Morgan fingerprint density at radius 3 is 2.80 bits per heavy atom. The SMILES string of the molecule is Cn1ncc(-c2nc(COc3ccccc3)no2)c1N. The van der Waals surface area contributed by atoms with E-state index < -0.39 is 0 Å². The zero-order valence-electron chi connectivity index (χ0n) is 10.9. The van der Waals surface area contributed by atoms with Crippen LogP contribution in [0.5, 0.6) is 5.75 Å². The fourth-order valence-corrected chi connectivity index (χ4v) is 1.70. The largest absolute Gasteiger partial charge is 0.485 e. The Bertz CT molecular complexity index is 705. The first-order valence-corrected chi connectivity index (χ1v) is 6.02. The predicted octanol–water partition coefficient (Wildman–Crippen LogP) is 1.63. The maximum Gasteiger partial charge on any atom is 0.263 e. The molecule has 102 valence electrons. The monoisotopic (exact) mass is 271 g/mol. The standard InChI is InChI=1S/C13H13N5O2/c1-18-12(14)10(7-15-18)13-16-11(17-20-13)8-19-9-5-3-2-4-6-9/h2-7H,8,14H2,1H3. The summed E-state index contributed by atoms with van der Waals surface area (Å²) >= 11 is 0. The Balaban J connectivity index is 1.73. The van der Waals surface area contributed by atoms with Gasteiger partial charge in [-0.1, -0.05) is 23.4 Å². The lowest BCUT2D eigenvalue weighted by Gasteiger charge is -2.01. The zero-order chi connectivity index (χ0) is 13.9. The van der Waals surface area contributed by atoms with Crippen LogP contribution in [0.25, 0.3) is 11.5 Å². The molecular formula is C13H13N5O2. The summed E-state index contributed by atoms with van der Waals surface area (Å²) < 4.78 is 12.2. The van der Waals surface area contributed by atoms with Gasteiger partial charge < -0.3 is 15.0 Å². The highest BCUT2D eigenvalue weighted by atomic mass is 16.5. The molecule has 0 aliphatic carbocycles. The quantitative estimate of drug-likeness (QED) is 0.775. The van der Waals surface area contributed by atoms with Crippen molar-refractivity contribution < 1.29 is 9.26 Å². The van der Waals surface area contributed by atoms with Crippen LogP contribution in [-0.4, -0.2) is 19.9 Å². The van der Waals surface area contributed by atoms with Gasteiger partial charge in [-0.15, -0.1) is 0 Å². The summed E-state index contributed by atoms with van der Waals surface area (Å²) in [5.41, 5.74) is 6.47. The van der Waals surface area contributed by atoms with Crippen molar-refractivity contribution in [3.63, 3.8) is 0 Å². The normalized spacial score (nSPS) is 10.7. The van der Waals surface area contributed by atoms with Crippen molar-refractivity contribution in [3.05, 3.63) is 42.4 Å². The van der Waals surface area contributed by atoms with Crippen LogP contribution in [0.3, 0.4) is 0 Å². The molecule has 2 aromatic heterocycles. The topological polar surface area (TPSA) is 92.0 Å². The number of hydrogen-bond acceptors (Lipinski definition) is 6. The number of nitrogens with zero attached hydrogens (tertiary/aromatic N) is 4. The van der Waals surface area contributed by atoms with Crippen molar-refractivity contribution >= 4 is 5.82 Å². The number of benzene rings is 1. The van der Waals surface area contributed by atoms with Crippen LogP contribution in [0.15, 0.2) is 41.1 Å². The van der Waals surface area contributed by atoms with Crippen LogP contribution in [0, 0.1) is 0 Å². The number of para-hydroxylation sites is 1. The molecule has 0 aliphatic rings. The van der Waals surface area contributed by atoms with Gasteiger partial charge >= 0.3 is 0 Å². The van der Waals surface area contributed by atoms with E-state index in [4.69, 9.17) is 15.0 Å². The fraction of sp³-hybridized carbons (Fsp3) is 0.154. The number of rotatable bonds is 4. The molecule has 2 heterocycles.